The molecule has 2 rings (SSSR count). The molecule has 1 atom stereocenters. The van der Waals surface area contributed by atoms with Crippen molar-refractivity contribution in [2.24, 2.45) is 0 Å². The van der Waals surface area contributed by atoms with Gasteiger partial charge in [0.25, 0.3) is 5.91 Å². The van der Waals surface area contributed by atoms with E-state index in [0.717, 1.165) is 15.6 Å². The number of nitrogens with zero attached hydrogens (tertiary/aromatic N) is 1. The minimum atomic E-state index is -0.429. The highest BCUT2D eigenvalue weighted by atomic mass is 127. The Morgan fingerprint density at radius 1 is 1.45 bits per heavy atom. The summed E-state index contributed by atoms with van der Waals surface area (Å²) in [5.41, 5.74) is 1.78. The average molecular weight is 387 g/mol. The maximum absolute atomic E-state index is 12.5. The van der Waals surface area contributed by atoms with Crippen LogP contribution in [0.25, 0.3) is 0 Å². The van der Waals surface area contributed by atoms with Gasteiger partial charge in [-0.05, 0) is 67.0 Å². The lowest BCUT2D eigenvalue weighted by atomic mass is 10.1. The van der Waals surface area contributed by atoms with E-state index < -0.39 is 6.04 Å². The van der Waals surface area contributed by atoms with Crippen molar-refractivity contribution in [3.05, 3.63) is 32.9 Å². The van der Waals surface area contributed by atoms with Crippen LogP contribution < -0.4 is 0 Å². The summed E-state index contributed by atoms with van der Waals surface area (Å²) in [5, 5.41) is 0. The number of rotatable bonds is 3. The van der Waals surface area contributed by atoms with E-state index in [1.807, 2.05) is 25.1 Å². The van der Waals surface area contributed by atoms with Crippen LogP contribution in [0.3, 0.4) is 0 Å². The Hall–Kier alpha value is -1.11. The molecule has 0 saturated carbocycles. The molecule has 1 unspecified atom stereocenters. The van der Waals surface area contributed by atoms with Crippen LogP contribution in [0.15, 0.2) is 18.2 Å². The maximum atomic E-state index is 12.5. The summed E-state index contributed by atoms with van der Waals surface area (Å²) >= 11 is 2.22. The lowest BCUT2D eigenvalue weighted by Gasteiger charge is -2.23. The van der Waals surface area contributed by atoms with Crippen LogP contribution in [0.2, 0.25) is 0 Å². The number of hydrogen-bond acceptors (Lipinski definition) is 3. The first-order valence-corrected chi connectivity index (χ1v) is 7.86. The normalized spacial score (nSPS) is 18.1. The first-order valence-electron chi connectivity index (χ1n) is 6.78. The van der Waals surface area contributed by atoms with E-state index in [9.17, 15) is 9.59 Å². The van der Waals surface area contributed by atoms with Crippen LogP contribution in [-0.2, 0) is 9.53 Å². The molecule has 1 amide bonds. The topological polar surface area (TPSA) is 46.6 Å². The summed E-state index contributed by atoms with van der Waals surface area (Å²) in [5.74, 6) is -0.376. The Balaban J connectivity index is 2.18. The second-order valence-electron chi connectivity index (χ2n) is 4.87. The molecule has 1 aromatic carbocycles. The number of benzene rings is 1. The van der Waals surface area contributed by atoms with Crippen LogP contribution in [-0.4, -0.2) is 36.0 Å². The van der Waals surface area contributed by atoms with E-state index in [1.54, 1.807) is 11.8 Å². The number of hydrogen-bond donors (Lipinski definition) is 0. The van der Waals surface area contributed by atoms with Crippen LogP contribution in [0.1, 0.15) is 35.7 Å². The van der Waals surface area contributed by atoms with E-state index in [4.69, 9.17) is 4.74 Å². The molecule has 20 heavy (non-hydrogen) atoms. The number of carbonyl (C=O) groups excluding carboxylic acids is 2. The van der Waals surface area contributed by atoms with Gasteiger partial charge in [0, 0.05) is 15.7 Å². The first kappa shape index (κ1) is 15.3. The zero-order valence-corrected chi connectivity index (χ0v) is 13.8. The molecule has 0 bridgehead atoms. The van der Waals surface area contributed by atoms with E-state index in [0.29, 0.717) is 25.1 Å². The lowest BCUT2D eigenvalue weighted by molar-refractivity contribution is -0.147. The molecule has 0 aromatic heterocycles. The summed E-state index contributed by atoms with van der Waals surface area (Å²) in [4.78, 5) is 26.1. The molecule has 1 saturated heterocycles. The van der Waals surface area contributed by atoms with Crippen molar-refractivity contribution in [3.63, 3.8) is 0 Å². The fourth-order valence-electron chi connectivity index (χ4n) is 2.38. The van der Waals surface area contributed by atoms with Crippen molar-refractivity contribution >= 4 is 34.5 Å². The third kappa shape index (κ3) is 3.13. The van der Waals surface area contributed by atoms with Crippen LogP contribution >= 0.6 is 22.6 Å². The third-order valence-electron chi connectivity index (χ3n) is 3.49. The fraction of sp³-hybridized carbons (Fsp3) is 0.467. The number of carbonyl (C=O) groups is 2. The van der Waals surface area contributed by atoms with Gasteiger partial charge in [0.15, 0.2) is 0 Å². The molecule has 4 nitrogen and oxygen atoms in total. The Bertz CT molecular complexity index is 530. The zero-order valence-electron chi connectivity index (χ0n) is 11.7. The number of halogens is 1. The molecule has 5 heteroatoms. The Labute approximate surface area is 132 Å². The van der Waals surface area contributed by atoms with Crippen molar-refractivity contribution in [1.82, 2.24) is 4.90 Å². The molecular weight excluding hydrogens is 369 g/mol. The zero-order chi connectivity index (χ0) is 14.7. The smallest absolute Gasteiger partial charge is 0.328 e. The predicted octanol–water partition coefficient (Wildman–Crippen LogP) is 2.77. The molecule has 1 heterocycles. The van der Waals surface area contributed by atoms with Crippen molar-refractivity contribution in [3.8, 4) is 0 Å². The van der Waals surface area contributed by atoms with Gasteiger partial charge in [-0.3, -0.25) is 4.79 Å². The van der Waals surface area contributed by atoms with Crippen LogP contribution in [0.5, 0.6) is 0 Å². The number of ether oxygens (including phenoxy) is 1. The molecule has 0 aliphatic carbocycles. The summed E-state index contributed by atoms with van der Waals surface area (Å²) in [6.45, 7) is 4.75. The quantitative estimate of drug-likeness (QED) is 0.592. The van der Waals surface area contributed by atoms with E-state index in [1.165, 1.54) is 0 Å². The molecular formula is C15H18INO3. The molecule has 1 fully saturated rings. The van der Waals surface area contributed by atoms with Gasteiger partial charge in [0.1, 0.15) is 6.04 Å². The molecule has 1 aliphatic rings. The van der Waals surface area contributed by atoms with Gasteiger partial charge in [-0.25, -0.2) is 4.79 Å². The standard InChI is InChI=1S/C15H18INO3/c1-3-20-15(19)13-5-4-8-17(13)14(18)11-7-6-10(2)12(16)9-11/h6-7,9,13H,3-5,8H2,1-2H3. The maximum Gasteiger partial charge on any atom is 0.328 e. The van der Waals surface area contributed by atoms with Gasteiger partial charge >= 0.3 is 5.97 Å². The first-order chi connectivity index (χ1) is 9.54. The summed E-state index contributed by atoms with van der Waals surface area (Å²) in [6.07, 6.45) is 1.53. The molecule has 1 aromatic rings. The van der Waals surface area contributed by atoms with Crippen molar-refractivity contribution in [1.29, 1.82) is 0 Å². The number of likely N-dealkylation sites (tertiary alicyclic amines) is 1. The Morgan fingerprint density at radius 2 is 2.20 bits per heavy atom. The van der Waals surface area contributed by atoms with Gasteiger partial charge in [-0.15, -0.1) is 0 Å². The third-order valence-corrected chi connectivity index (χ3v) is 4.65. The van der Waals surface area contributed by atoms with Crippen molar-refractivity contribution in [2.45, 2.75) is 32.7 Å². The Kier molecular flexibility index (Phi) is 5.01. The minimum Gasteiger partial charge on any atom is -0.464 e. The van der Waals surface area contributed by atoms with E-state index >= 15 is 0 Å². The SMILES string of the molecule is CCOC(=O)C1CCCN1C(=O)c1ccc(C)c(I)c1. The lowest BCUT2D eigenvalue weighted by Crippen LogP contribution is -2.41. The largest absolute Gasteiger partial charge is 0.464 e. The van der Waals surface area contributed by atoms with E-state index in [-0.39, 0.29) is 11.9 Å². The predicted molar refractivity (Wildman–Crippen MR) is 84.6 cm³/mol. The number of aryl methyl sites for hydroxylation is 1. The van der Waals surface area contributed by atoms with Crippen LogP contribution in [0.4, 0.5) is 0 Å². The second kappa shape index (κ2) is 6.56. The van der Waals surface area contributed by atoms with Gasteiger partial charge in [0.2, 0.25) is 0 Å². The van der Waals surface area contributed by atoms with Crippen molar-refractivity contribution < 1.29 is 14.3 Å². The van der Waals surface area contributed by atoms with Gasteiger partial charge in [-0.1, -0.05) is 6.07 Å². The monoisotopic (exact) mass is 387 g/mol. The molecule has 1 aliphatic heterocycles. The summed E-state index contributed by atoms with van der Waals surface area (Å²) in [7, 11) is 0. The molecule has 108 valence electrons. The minimum absolute atomic E-state index is 0.0848. The number of amides is 1. The Morgan fingerprint density at radius 3 is 2.85 bits per heavy atom. The average Bonchev–Trinajstić information content (AvgIpc) is 2.90. The van der Waals surface area contributed by atoms with Gasteiger partial charge in [0.05, 0.1) is 6.61 Å². The number of esters is 1. The second-order valence-corrected chi connectivity index (χ2v) is 6.03. The highest BCUT2D eigenvalue weighted by molar-refractivity contribution is 14.1. The highest BCUT2D eigenvalue weighted by Gasteiger charge is 2.35. The fourth-order valence-corrected chi connectivity index (χ4v) is 2.90. The summed E-state index contributed by atoms with van der Waals surface area (Å²) < 4.78 is 6.11. The van der Waals surface area contributed by atoms with Gasteiger partial charge < -0.3 is 9.64 Å². The molecule has 0 spiro atoms. The molecule has 0 N–H and O–H groups in total. The summed E-state index contributed by atoms with van der Waals surface area (Å²) in [6, 6.07) is 5.20. The van der Waals surface area contributed by atoms with Gasteiger partial charge in [-0.2, -0.15) is 0 Å². The van der Waals surface area contributed by atoms with Crippen LogP contribution in [0, 0.1) is 10.5 Å². The van der Waals surface area contributed by atoms with E-state index in [2.05, 4.69) is 22.6 Å². The molecule has 0 radical (unpaired) electrons. The van der Waals surface area contributed by atoms with Crippen molar-refractivity contribution in [2.75, 3.05) is 13.2 Å². The highest BCUT2D eigenvalue weighted by Crippen LogP contribution is 2.22.